The van der Waals surface area contributed by atoms with Gasteiger partial charge in [0.1, 0.15) is 5.75 Å². The first kappa shape index (κ1) is 11.8. The van der Waals surface area contributed by atoms with Gasteiger partial charge in [-0.2, -0.15) is 0 Å². The molecule has 0 saturated carbocycles. The quantitative estimate of drug-likeness (QED) is 0.889. The van der Waals surface area contributed by atoms with Crippen LogP contribution in [0.4, 0.5) is 0 Å². The van der Waals surface area contributed by atoms with Crippen molar-refractivity contribution in [3.63, 3.8) is 0 Å². The minimum atomic E-state index is -0.0592. The molecule has 3 rings (SSSR count). The number of rotatable bonds is 2. The molecule has 96 valence electrons. The van der Waals surface area contributed by atoms with Crippen LogP contribution in [-0.4, -0.2) is 10.8 Å². The molecule has 0 radical (unpaired) electrons. The maximum atomic E-state index is 9.92. The van der Waals surface area contributed by atoms with E-state index in [9.17, 15) is 5.11 Å². The summed E-state index contributed by atoms with van der Waals surface area (Å²) in [6.07, 6.45) is 0.622. The standard InChI is InChI=1S/C16H15NO2/c1-11-7-8-15(18)13(9-11)14-10-16(19-17-14)12-5-3-2-4-6-12/h2-9,16,18H,10H2,1H3. The third-order valence-corrected chi connectivity index (χ3v) is 3.30. The molecule has 0 aliphatic carbocycles. The zero-order valence-electron chi connectivity index (χ0n) is 10.7. The molecular weight excluding hydrogens is 238 g/mol. The van der Waals surface area contributed by atoms with E-state index in [1.807, 2.05) is 49.4 Å². The van der Waals surface area contributed by atoms with E-state index in [0.29, 0.717) is 6.42 Å². The lowest BCUT2D eigenvalue weighted by Gasteiger charge is -2.08. The van der Waals surface area contributed by atoms with Crippen LogP contribution >= 0.6 is 0 Å². The molecule has 1 aliphatic rings. The van der Waals surface area contributed by atoms with E-state index < -0.39 is 0 Å². The van der Waals surface area contributed by atoms with Gasteiger partial charge in [-0.25, -0.2) is 0 Å². The average Bonchev–Trinajstić information content (AvgIpc) is 2.92. The first-order valence-electron chi connectivity index (χ1n) is 6.31. The number of oxime groups is 1. The van der Waals surface area contributed by atoms with E-state index >= 15 is 0 Å². The summed E-state index contributed by atoms with van der Waals surface area (Å²) in [6, 6.07) is 15.5. The van der Waals surface area contributed by atoms with Gasteiger partial charge in [0, 0.05) is 12.0 Å². The van der Waals surface area contributed by atoms with Gasteiger partial charge in [0.2, 0.25) is 0 Å². The Morgan fingerprint density at radius 2 is 1.95 bits per heavy atom. The molecule has 1 aliphatic heterocycles. The first-order chi connectivity index (χ1) is 9.24. The van der Waals surface area contributed by atoms with Crippen LogP contribution in [0, 0.1) is 6.92 Å². The number of hydrogen-bond donors (Lipinski definition) is 1. The molecule has 0 saturated heterocycles. The summed E-state index contributed by atoms with van der Waals surface area (Å²) in [5.41, 5.74) is 3.76. The molecule has 19 heavy (non-hydrogen) atoms. The minimum absolute atomic E-state index is 0.0592. The molecule has 2 aromatic carbocycles. The van der Waals surface area contributed by atoms with Gasteiger partial charge in [-0.1, -0.05) is 47.1 Å². The fourth-order valence-electron chi connectivity index (χ4n) is 2.26. The zero-order chi connectivity index (χ0) is 13.2. The highest BCUT2D eigenvalue weighted by Crippen LogP contribution is 2.32. The predicted molar refractivity (Wildman–Crippen MR) is 74.3 cm³/mol. The Hall–Kier alpha value is -2.29. The lowest BCUT2D eigenvalue weighted by Crippen LogP contribution is -2.02. The van der Waals surface area contributed by atoms with Crippen LogP contribution < -0.4 is 0 Å². The SMILES string of the molecule is Cc1ccc(O)c(C2=NOC(c3ccccc3)C2)c1. The van der Waals surface area contributed by atoms with Crippen LogP contribution in [0.3, 0.4) is 0 Å². The maximum Gasteiger partial charge on any atom is 0.158 e. The van der Waals surface area contributed by atoms with Gasteiger partial charge in [0.05, 0.1) is 5.71 Å². The Balaban J connectivity index is 1.84. The second-order valence-electron chi connectivity index (χ2n) is 4.77. The fraction of sp³-hybridized carbons (Fsp3) is 0.188. The largest absolute Gasteiger partial charge is 0.507 e. The van der Waals surface area contributed by atoms with Gasteiger partial charge in [-0.3, -0.25) is 0 Å². The van der Waals surface area contributed by atoms with Crippen LogP contribution in [-0.2, 0) is 4.84 Å². The van der Waals surface area contributed by atoms with E-state index in [4.69, 9.17) is 4.84 Å². The van der Waals surface area contributed by atoms with Gasteiger partial charge in [-0.05, 0) is 24.6 Å². The summed E-state index contributed by atoms with van der Waals surface area (Å²) < 4.78 is 0. The fourth-order valence-corrected chi connectivity index (χ4v) is 2.26. The zero-order valence-corrected chi connectivity index (χ0v) is 10.7. The van der Waals surface area contributed by atoms with Crippen LogP contribution in [0.5, 0.6) is 5.75 Å². The molecule has 1 atom stereocenters. The van der Waals surface area contributed by atoms with E-state index in [1.54, 1.807) is 6.07 Å². The van der Waals surface area contributed by atoms with Crippen molar-refractivity contribution in [1.29, 1.82) is 0 Å². The van der Waals surface area contributed by atoms with Crippen molar-refractivity contribution in [2.45, 2.75) is 19.4 Å². The highest BCUT2D eigenvalue weighted by Gasteiger charge is 2.25. The highest BCUT2D eigenvalue weighted by molar-refractivity contribution is 6.03. The van der Waals surface area contributed by atoms with Gasteiger partial charge >= 0.3 is 0 Å². The smallest absolute Gasteiger partial charge is 0.158 e. The molecule has 3 heteroatoms. The summed E-state index contributed by atoms with van der Waals surface area (Å²) in [5, 5.41) is 14.0. The molecule has 0 fully saturated rings. The lowest BCUT2D eigenvalue weighted by atomic mass is 9.99. The normalized spacial score (nSPS) is 17.9. The Morgan fingerprint density at radius 1 is 1.16 bits per heavy atom. The number of benzene rings is 2. The van der Waals surface area contributed by atoms with Crippen LogP contribution in [0.2, 0.25) is 0 Å². The van der Waals surface area contributed by atoms with Crippen LogP contribution in [0.1, 0.15) is 29.2 Å². The van der Waals surface area contributed by atoms with Gasteiger partial charge in [0.15, 0.2) is 6.10 Å². The van der Waals surface area contributed by atoms with Crippen molar-refractivity contribution in [1.82, 2.24) is 0 Å². The summed E-state index contributed by atoms with van der Waals surface area (Å²) in [4.78, 5) is 5.48. The molecule has 1 heterocycles. The Kier molecular flexibility index (Phi) is 2.95. The van der Waals surface area contributed by atoms with Gasteiger partial charge in [0.25, 0.3) is 0 Å². The van der Waals surface area contributed by atoms with Gasteiger partial charge < -0.3 is 9.94 Å². The number of hydrogen-bond acceptors (Lipinski definition) is 3. The maximum absolute atomic E-state index is 9.92. The van der Waals surface area contributed by atoms with Crippen molar-refractivity contribution >= 4 is 5.71 Å². The molecule has 0 spiro atoms. The van der Waals surface area contributed by atoms with Crippen LogP contribution in [0.15, 0.2) is 53.7 Å². The molecule has 0 amide bonds. The van der Waals surface area contributed by atoms with E-state index in [2.05, 4.69) is 5.16 Å². The van der Waals surface area contributed by atoms with Crippen molar-refractivity contribution in [2.75, 3.05) is 0 Å². The monoisotopic (exact) mass is 253 g/mol. The molecule has 3 nitrogen and oxygen atoms in total. The third kappa shape index (κ3) is 2.32. The van der Waals surface area contributed by atoms with Gasteiger partial charge in [-0.15, -0.1) is 0 Å². The highest BCUT2D eigenvalue weighted by atomic mass is 16.6. The minimum Gasteiger partial charge on any atom is -0.507 e. The predicted octanol–water partition coefficient (Wildman–Crippen LogP) is 3.57. The second-order valence-corrected chi connectivity index (χ2v) is 4.77. The van der Waals surface area contributed by atoms with Crippen molar-refractivity contribution < 1.29 is 9.94 Å². The second kappa shape index (κ2) is 4.76. The number of phenols is 1. The van der Waals surface area contributed by atoms with Crippen molar-refractivity contribution in [2.24, 2.45) is 5.16 Å². The lowest BCUT2D eigenvalue weighted by molar-refractivity contribution is 0.0857. The van der Waals surface area contributed by atoms with E-state index in [1.165, 1.54) is 0 Å². The van der Waals surface area contributed by atoms with Crippen molar-refractivity contribution in [3.8, 4) is 5.75 Å². The summed E-state index contributed by atoms with van der Waals surface area (Å²) in [7, 11) is 0. The summed E-state index contributed by atoms with van der Waals surface area (Å²) >= 11 is 0. The number of aromatic hydroxyl groups is 1. The molecule has 2 aromatic rings. The van der Waals surface area contributed by atoms with Crippen molar-refractivity contribution in [3.05, 3.63) is 65.2 Å². The topological polar surface area (TPSA) is 41.8 Å². The first-order valence-corrected chi connectivity index (χ1v) is 6.31. The number of nitrogens with zero attached hydrogens (tertiary/aromatic N) is 1. The Morgan fingerprint density at radius 3 is 2.74 bits per heavy atom. The Bertz CT molecular complexity index is 620. The molecule has 1 N–H and O–H groups in total. The molecule has 0 aromatic heterocycles. The van der Waals surface area contributed by atoms with E-state index in [-0.39, 0.29) is 11.9 Å². The number of phenolic OH excluding ortho intramolecular Hbond substituents is 1. The molecular formula is C16H15NO2. The summed E-state index contributed by atoms with van der Waals surface area (Å²) in [6.45, 7) is 1.99. The number of aryl methyl sites for hydroxylation is 1. The molecule has 0 bridgehead atoms. The molecule has 1 unspecified atom stereocenters. The summed E-state index contributed by atoms with van der Waals surface area (Å²) in [5.74, 6) is 0.252. The Labute approximate surface area is 112 Å². The average molecular weight is 253 g/mol. The third-order valence-electron chi connectivity index (χ3n) is 3.30. The van der Waals surface area contributed by atoms with Crippen LogP contribution in [0.25, 0.3) is 0 Å². The van der Waals surface area contributed by atoms with E-state index in [0.717, 1.165) is 22.4 Å².